The van der Waals surface area contributed by atoms with Gasteiger partial charge in [0.25, 0.3) is 0 Å². The molecule has 2 aliphatic rings. The number of likely N-dealkylation sites (tertiary alicyclic amines) is 1. The minimum absolute atomic E-state index is 0.367. The second-order valence-corrected chi connectivity index (χ2v) is 5.57. The van der Waals surface area contributed by atoms with Crippen molar-refractivity contribution < 1.29 is 5.11 Å². The smallest absolute Gasteiger partial charge is 0.0431 e. The molecule has 0 amide bonds. The highest BCUT2D eigenvalue weighted by atomic mass is 16.2. The highest BCUT2D eigenvalue weighted by molar-refractivity contribution is 4.87. The zero-order valence-electron chi connectivity index (χ0n) is 10.5. The van der Waals surface area contributed by atoms with E-state index in [1.165, 1.54) is 64.5 Å². The van der Waals surface area contributed by atoms with Crippen LogP contribution < -0.4 is 0 Å². The molecule has 0 spiro atoms. The van der Waals surface area contributed by atoms with Gasteiger partial charge in [-0.1, -0.05) is 12.8 Å². The Bertz CT molecular complexity index is 193. The molecule has 2 rings (SSSR count). The van der Waals surface area contributed by atoms with Crippen molar-refractivity contribution in [1.82, 2.24) is 4.90 Å². The summed E-state index contributed by atoms with van der Waals surface area (Å²) in [5, 5.41) is 8.78. The van der Waals surface area contributed by atoms with E-state index < -0.39 is 0 Å². The van der Waals surface area contributed by atoms with Crippen LogP contribution in [0.1, 0.15) is 57.8 Å². The van der Waals surface area contributed by atoms with Gasteiger partial charge in [-0.2, -0.15) is 0 Å². The molecule has 1 heterocycles. The molecule has 1 aliphatic heterocycles. The second-order valence-electron chi connectivity index (χ2n) is 5.57. The quantitative estimate of drug-likeness (QED) is 0.727. The standard InChI is InChI=1S/C14H27NO/c16-12-5-1-4-10-15-11-6-8-13-7-2-3-9-14(13)15/h13-14,16H,1-12H2/t13-,14-/m1/s1. The van der Waals surface area contributed by atoms with Gasteiger partial charge in [-0.05, 0) is 64.0 Å². The first-order valence-corrected chi connectivity index (χ1v) is 7.26. The highest BCUT2D eigenvalue weighted by Crippen LogP contribution is 2.35. The van der Waals surface area contributed by atoms with Crippen LogP contribution in [0.4, 0.5) is 0 Å². The SMILES string of the molecule is OCCCCCN1CCC[C@H]2CCCC[C@H]21. The van der Waals surface area contributed by atoms with Gasteiger partial charge in [0, 0.05) is 12.6 Å². The summed E-state index contributed by atoms with van der Waals surface area (Å²) in [5.74, 6) is 1.01. The lowest BCUT2D eigenvalue weighted by atomic mass is 9.78. The monoisotopic (exact) mass is 225 g/mol. The molecule has 2 fully saturated rings. The molecular formula is C14H27NO. The van der Waals surface area contributed by atoms with Crippen LogP contribution in [0.15, 0.2) is 0 Å². The molecular weight excluding hydrogens is 198 g/mol. The molecule has 1 saturated carbocycles. The van der Waals surface area contributed by atoms with Crippen LogP contribution in [0.2, 0.25) is 0 Å². The van der Waals surface area contributed by atoms with Crippen LogP contribution in [0.25, 0.3) is 0 Å². The fraction of sp³-hybridized carbons (Fsp3) is 1.00. The van der Waals surface area contributed by atoms with E-state index in [1.807, 2.05) is 0 Å². The van der Waals surface area contributed by atoms with Gasteiger partial charge in [0.2, 0.25) is 0 Å². The van der Waals surface area contributed by atoms with E-state index in [-0.39, 0.29) is 0 Å². The van der Waals surface area contributed by atoms with E-state index in [2.05, 4.69) is 4.90 Å². The maximum atomic E-state index is 8.78. The fourth-order valence-electron chi connectivity index (χ4n) is 3.61. The third-order valence-corrected chi connectivity index (χ3v) is 4.46. The summed E-state index contributed by atoms with van der Waals surface area (Å²) in [6.07, 6.45) is 12.2. The van der Waals surface area contributed by atoms with Gasteiger partial charge in [0.05, 0.1) is 0 Å². The lowest BCUT2D eigenvalue weighted by Gasteiger charge is -2.44. The molecule has 2 atom stereocenters. The van der Waals surface area contributed by atoms with Crippen LogP contribution in [0, 0.1) is 5.92 Å². The van der Waals surface area contributed by atoms with Crippen molar-refractivity contribution in [3.63, 3.8) is 0 Å². The van der Waals surface area contributed by atoms with Gasteiger partial charge >= 0.3 is 0 Å². The average Bonchev–Trinajstić information content (AvgIpc) is 2.35. The molecule has 16 heavy (non-hydrogen) atoms. The van der Waals surface area contributed by atoms with Crippen molar-refractivity contribution >= 4 is 0 Å². The molecule has 0 aromatic carbocycles. The second kappa shape index (κ2) is 6.61. The van der Waals surface area contributed by atoms with Crippen LogP contribution in [0.5, 0.6) is 0 Å². The number of nitrogens with zero attached hydrogens (tertiary/aromatic N) is 1. The Morgan fingerprint density at radius 1 is 0.938 bits per heavy atom. The number of piperidine rings is 1. The first kappa shape index (κ1) is 12.4. The van der Waals surface area contributed by atoms with Gasteiger partial charge in [-0.15, -0.1) is 0 Å². The lowest BCUT2D eigenvalue weighted by Crippen LogP contribution is -2.47. The normalized spacial score (nSPS) is 31.3. The van der Waals surface area contributed by atoms with E-state index in [9.17, 15) is 0 Å². The largest absolute Gasteiger partial charge is 0.396 e. The number of aliphatic hydroxyl groups excluding tert-OH is 1. The summed E-state index contributed by atoms with van der Waals surface area (Å²) >= 11 is 0. The number of fused-ring (bicyclic) bond motifs is 1. The summed E-state index contributed by atoms with van der Waals surface area (Å²) in [6, 6.07) is 0.914. The number of hydrogen-bond donors (Lipinski definition) is 1. The minimum atomic E-state index is 0.367. The maximum Gasteiger partial charge on any atom is 0.0431 e. The predicted molar refractivity (Wildman–Crippen MR) is 67.5 cm³/mol. The molecule has 0 aromatic heterocycles. The van der Waals surface area contributed by atoms with Crippen molar-refractivity contribution in [3.05, 3.63) is 0 Å². The van der Waals surface area contributed by atoms with E-state index in [1.54, 1.807) is 0 Å². The van der Waals surface area contributed by atoms with Crippen molar-refractivity contribution in [1.29, 1.82) is 0 Å². The van der Waals surface area contributed by atoms with Gasteiger partial charge in [-0.25, -0.2) is 0 Å². The Morgan fingerprint density at radius 3 is 2.62 bits per heavy atom. The maximum absolute atomic E-state index is 8.78. The Hall–Kier alpha value is -0.0800. The Morgan fingerprint density at radius 2 is 1.75 bits per heavy atom. The number of rotatable bonds is 5. The van der Waals surface area contributed by atoms with Crippen LogP contribution in [-0.2, 0) is 0 Å². The highest BCUT2D eigenvalue weighted by Gasteiger charge is 2.32. The summed E-state index contributed by atoms with van der Waals surface area (Å²) in [4.78, 5) is 2.75. The molecule has 2 heteroatoms. The van der Waals surface area contributed by atoms with Gasteiger partial charge in [0.15, 0.2) is 0 Å². The molecule has 1 saturated heterocycles. The van der Waals surface area contributed by atoms with Crippen molar-refractivity contribution in [2.24, 2.45) is 5.92 Å². The van der Waals surface area contributed by atoms with Gasteiger partial charge in [-0.3, -0.25) is 0 Å². The van der Waals surface area contributed by atoms with Crippen LogP contribution >= 0.6 is 0 Å². The van der Waals surface area contributed by atoms with E-state index in [4.69, 9.17) is 5.11 Å². The first-order chi connectivity index (χ1) is 7.92. The first-order valence-electron chi connectivity index (χ1n) is 7.26. The number of unbranched alkanes of at least 4 members (excludes halogenated alkanes) is 2. The molecule has 2 nitrogen and oxygen atoms in total. The number of hydrogen-bond acceptors (Lipinski definition) is 2. The molecule has 94 valence electrons. The fourth-order valence-corrected chi connectivity index (χ4v) is 3.61. The van der Waals surface area contributed by atoms with Crippen molar-refractivity contribution in [2.75, 3.05) is 19.7 Å². The van der Waals surface area contributed by atoms with Crippen LogP contribution in [-0.4, -0.2) is 35.7 Å². The van der Waals surface area contributed by atoms with E-state index in [0.717, 1.165) is 18.4 Å². The zero-order valence-corrected chi connectivity index (χ0v) is 10.5. The van der Waals surface area contributed by atoms with E-state index in [0.29, 0.717) is 6.61 Å². The summed E-state index contributed by atoms with van der Waals surface area (Å²) in [6.45, 7) is 2.98. The van der Waals surface area contributed by atoms with Crippen LogP contribution in [0.3, 0.4) is 0 Å². The van der Waals surface area contributed by atoms with Crippen molar-refractivity contribution in [2.45, 2.75) is 63.8 Å². The third kappa shape index (κ3) is 3.21. The van der Waals surface area contributed by atoms with E-state index >= 15 is 0 Å². The Labute approximate surface area is 100 Å². The molecule has 1 aliphatic carbocycles. The molecule has 0 bridgehead atoms. The summed E-state index contributed by atoms with van der Waals surface area (Å²) < 4.78 is 0. The minimum Gasteiger partial charge on any atom is -0.396 e. The topological polar surface area (TPSA) is 23.5 Å². The third-order valence-electron chi connectivity index (χ3n) is 4.46. The molecule has 0 aromatic rings. The average molecular weight is 225 g/mol. The zero-order chi connectivity index (χ0) is 11.2. The van der Waals surface area contributed by atoms with Gasteiger partial charge in [0.1, 0.15) is 0 Å². The lowest BCUT2D eigenvalue weighted by molar-refractivity contribution is 0.0592. The van der Waals surface area contributed by atoms with Gasteiger partial charge < -0.3 is 10.0 Å². The number of aliphatic hydroxyl groups is 1. The molecule has 1 N–H and O–H groups in total. The summed E-state index contributed by atoms with van der Waals surface area (Å²) in [5.41, 5.74) is 0. The molecule has 0 radical (unpaired) electrons. The summed E-state index contributed by atoms with van der Waals surface area (Å²) in [7, 11) is 0. The molecule has 0 unspecified atom stereocenters. The van der Waals surface area contributed by atoms with Crippen molar-refractivity contribution in [3.8, 4) is 0 Å². The Kier molecular flexibility index (Phi) is 5.11. The predicted octanol–water partition coefficient (Wildman–Crippen LogP) is 2.80. The Balaban J connectivity index is 1.74.